The van der Waals surface area contributed by atoms with Gasteiger partial charge in [0, 0.05) is 29.4 Å². The molecule has 2 heterocycles. The lowest BCUT2D eigenvalue weighted by atomic mass is 9.93. The molecule has 1 aliphatic carbocycles. The fourth-order valence-electron chi connectivity index (χ4n) is 3.76. The van der Waals surface area contributed by atoms with Gasteiger partial charge < -0.3 is 14.5 Å². The number of pyridine rings is 1. The zero-order valence-electron chi connectivity index (χ0n) is 18.9. The lowest BCUT2D eigenvalue weighted by Gasteiger charge is -2.13. The third-order valence-corrected chi connectivity index (χ3v) is 5.38. The number of aryl methyl sites for hydroxylation is 1. The van der Waals surface area contributed by atoms with Crippen LogP contribution in [0.15, 0.2) is 58.2 Å². The minimum absolute atomic E-state index is 0.185. The number of furan rings is 1. The van der Waals surface area contributed by atoms with Gasteiger partial charge in [0.25, 0.3) is 11.8 Å². The molecule has 1 aliphatic rings. The highest BCUT2D eigenvalue weighted by Crippen LogP contribution is 2.30. The van der Waals surface area contributed by atoms with Crippen LogP contribution in [0.25, 0.3) is 0 Å². The quantitative estimate of drug-likeness (QED) is 0.425. The molecule has 0 saturated carbocycles. The summed E-state index contributed by atoms with van der Waals surface area (Å²) in [7, 11) is 0. The van der Waals surface area contributed by atoms with Crippen LogP contribution in [0.5, 0.6) is 0 Å². The third kappa shape index (κ3) is 4.88. The number of benzene rings is 1. The molecule has 3 aromatic rings. The van der Waals surface area contributed by atoms with Gasteiger partial charge in [-0.3, -0.25) is 14.6 Å². The van der Waals surface area contributed by atoms with Gasteiger partial charge in [-0.05, 0) is 63.1 Å². The Bertz CT molecular complexity index is 1250. The second-order valence-electron chi connectivity index (χ2n) is 7.67. The average molecular weight is 460 g/mol. The second kappa shape index (κ2) is 10.1. The molecule has 2 N–H and O–H groups in total. The summed E-state index contributed by atoms with van der Waals surface area (Å²) in [6.07, 6.45) is 3.64. The topological polar surface area (TPSA) is 123 Å². The molecule has 2 amide bonds. The molecule has 0 atom stereocenters. The molecule has 0 radical (unpaired) electrons. The van der Waals surface area contributed by atoms with Crippen molar-refractivity contribution in [2.45, 2.75) is 33.1 Å². The van der Waals surface area contributed by atoms with Gasteiger partial charge in [0.2, 0.25) is 0 Å². The number of fused-ring (bicyclic) bond motifs is 1. The molecule has 0 unspecified atom stereocenters. The predicted molar refractivity (Wildman–Crippen MR) is 125 cm³/mol. The van der Waals surface area contributed by atoms with Crippen molar-refractivity contribution in [1.82, 2.24) is 10.4 Å². The SMILES string of the molecule is CCOC(=O)c1ccc(NC(=O)c2oc3c(c2C)/C(=N/NC(=O)c2ccccn2)CCC3)cc1. The van der Waals surface area contributed by atoms with E-state index in [0.717, 1.165) is 12.0 Å². The lowest BCUT2D eigenvalue weighted by Crippen LogP contribution is -2.22. The van der Waals surface area contributed by atoms with Crippen LogP contribution in [-0.4, -0.2) is 35.1 Å². The predicted octanol–water partition coefficient (Wildman–Crippen LogP) is 3.88. The number of hydrazone groups is 1. The third-order valence-electron chi connectivity index (χ3n) is 5.38. The number of hydrogen-bond donors (Lipinski definition) is 2. The number of anilines is 1. The molecule has 174 valence electrons. The number of hydrogen-bond acceptors (Lipinski definition) is 7. The van der Waals surface area contributed by atoms with Crippen LogP contribution in [0, 0.1) is 6.92 Å². The Hall–Kier alpha value is -4.27. The second-order valence-corrected chi connectivity index (χ2v) is 7.67. The summed E-state index contributed by atoms with van der Waals surface area (Å²) in [6.45, 7) is 3.82. The van der Waals surface area contributed by atoms with Crippen LogP contribution in [-0.2, 0) is 11.2 Å². The Morgan fingerprint density at radius 1 is 1.09 bits per heavy atom. The number of carbonyl (C=O) groups excluding carboxylic acids is 3. The number of nitrogens with one attached hydrogen (secondary N) is 2. The maximum atomic E-state index is 12.9. The number of amides is 2. The lowest BCUT2D eigenvalue weighted by molar-refractivity contribution is 0.0526. The van der Waals surface area contributed by atoms with Crippen molar-refractivity contribution in [3.05, 3.63) is 82.6 Å². The molecule has 2 aromatic heterocycles. The minimum atomic E-state index is -0.420. The number of rotatable bonds is 6. The standard InChI is InChI=1S/C25H24N4O5/c1-3-33-25(32)16-10-12-17(13-11-16)27-24(31)22-15(2)21-18(8-6-9-20(21)34-22)28-29-23(30)19-7-4-5-14-26-19/h4-5,7,10-14H,3,6,8-9H2,1-2H3,(H,27,31)(H,29,30)/b28-18+. The normalized spacial score (nSPS) is 13.8. The van der Waals surface area contributed by atoms with Gasteiger partial charge in [0.15, 0.2) is 5.76 Å². The Balaban J connectivity index is 1.50. The first-order chi connectivity index (χ1) is 16.5. The molecule has 0 spiro atoms. The van der Waals surface area contributed by atoms with E-state index in [4.69, 9.17) is 9.15 Å². The van der Waals surface area contributed by atoms with E-state index < -0.39 is 17.8 Å². The zero-order chi connectivity index (χ0) is 24.1. The molecule has 4 rings (SSSR count). The highest BCUT2D eigenvalue weighted by Gasteiger charge is 2.28. The molecule has 34 heavy (non-hydrogen) atoms. The molecule has 9 nitrogen and oxygen atoms in total. The van der Waals surface area contributed by atoms with Gasteiger partial charge in [-0.25, -0.2) is 10.2 Å². The van der Waals surface area contributed by atoms with Crippen LogP contribution in [0.1, 0.15) is 68.1 Å². The smallest absolute Gasteiger partial charge is 0.338 e. The van der Waals surface area contributed by atoms with E-state index in [1.54, 1.807) is 56.3 Å². The summed E-state index contributed by atoms with van der Waals surface area (Å²) in [5.74, 6) is -0.391. The van der Waals surface area contributed by atoms with Crippen molar-refractivity contribution in [3.8, 4) is 0 Å². The van der Waals surface area contributed by atoms with Crippen LogP contribution in [0.3, 0.4) is 0 Å². The van der Waals surface area contributed by atoms with Gasteiger partial charge in [0.05, 0.1) is 17.9 Å². The van der Waals surface area contributed by atoms with Crippen molar-refractivity contribution >= 4 is 29.2 Å². The Kier molecular flexibility index (Phi) is 6.82. The first kappa shape index (κ1) is 22.9. The summed E-state index contributed by atoms with van der Waals surface area (Å²) >= 11 is 0. The maximum absolute atomic E-state index is 12.9. The molecular weight excluding hydrogens is 436 g/mol. The van der Waals surface area contributed by atoms with E-state index in [1.807, 2.05) is 0 Å². The van der Waals surface area contributed by atoms with E-state index in [2.05, 4.69) is 20.8 Å². The molecule has 0 fully saturated rings. The number of aromatic nitrogens is 1. The summed E-state index contributed by atoms with van der Waals surface area (Å²) in [5.41, 5.74) is 5.78. The number of carbonyl (C=O) groups is 3. The molecule has 9 heteroatoms. The van der Waals surface area contributed by atoms with Crippen LogP contribution < -0.4 is 10.7 Å². The minimum Gasteiger partial charge on any atom is -0.462 e. The van der Waals surface area contributed by atoms with Crippen LogP contribution >= 0.6 is 0 Å². The number of ether oxygens (including phenoxy) is 1. The van der Waals surface area contributed by atoms with Crippen molar-refractivity contribution < 1.29 is 23.5 Å². The molecular formula is C25H24N4O5. The average Bonchev–Trinajstić information content (AvgIpc) is 3.21. The van der Waals surface area contributed by atoms with Crippen LogP contribution in [0.4, 0.5) is 5.69 Å². The summed E-state index contributed by atoms with van der Waals surface area (Å²) in [6, 6.07) is 11.5. The van der Waals surface area contributed by atoms with E-state index in [9.17, 15) is 14.4 Å². The summed E-state index contributed by atoms with van der Waals surface area (Å²) < 4.78 is 10.9. The van der Waals surface area contributed by atoms with Gasteiger partial charge in [-0.15, -0.1) is 0 Å². The Morgan fingerprint density at radius 3 is 2.59 bits per heavy atom. The van der Waals surface area contributed by atoms with E-state index in [1.165, 1.54) is 6.20 Å². The summed E-state index contributed by atoms with van der Waals surface area (Å²) in [4.78, 5) is 41.0. The monoisotopic (exact) mass is 460 g/mol. The van der Waals surface area contributed by atoms with Crippen molar-refractivity contribution in [1.29, 1.82) is 0 Å². The molecule has 0 saturated heterocycles. The zero-order valence-corrected chi connectivity index (χ0v) is 18.9. The van der Waals surface area contributed by atoms with Gasteiger partial charge in [0.1, 0.15) is 11.5 Å². The van der Waals surface area contributed by atoms with Crippen LogP contribution in [0.2, 0.25) is 0 Å². The highest BCUT2D eigenvalue weighted by atomic mass is 16.5. The molecule has 0 aliphatic heterocycles. The number of nitrogens with zero attached hydrogens (tertiary/aromatic N) is 2. The first-order valence-electron chi connectivity index (χ1n) is 11.0. The maximum Gasteiger partial charge on any atom is 0.338 e. The molecule has 0 bridgehead atoms. The highest BCUT2D eigenvalue weighted by molar-refractivity contribution is 6.09. The summed E-state index contributed by atoms with van der Waals surface area (Å²) in [5, 5.41) is 7.09. The fourth-order valence-corrected chi connectivity index (χ4v) is 3.76. The Morgan fingerprint density at radius 2 is 1.88 bits per heavy atom. The van der Waals surface area contributed by atoms with E-state index >= 15 is 0 Å². The molecule has 1 aromatic carbocycles. The van der Waals surface area contributed by atoms with Crippen molar-refractivity contribution in [2.24, 2.45) is 5.10 Å². The fraction of sp³-hybridized carbons (Fsp3) is 0.240. The number of esters is 1. The van der Waals surface area contributed by atoms with E-state index in [0.29, 0.717) is 41.1 Å². The largest absolute Gasteiger partial charge is 0.462 e. The van der Waals surface area contributed by atoms with Gasteiger partial charge >= 0.3 is 5.97 Å². The van der Waals surface area contributed by atoms with E-state index in [-0.39, 0.29) is 18.1 Å². The van der Waals surface area contributed by atoms with Crippen molar-refractivity contribution in [3.63, 3.8) is 0 Å². The van der Waals surface area contributed by atoms with Crippen molar-refractivity contribution in [2.75, 3.05) is 11.9 Å². The van der Waals surface area contributed by atoms with Gasteiger partial charge in [-0.2, -0.15) is 5.10 Å². The Labute approximate surface area is 196 Å². The van der Waals surface area contributed by atoms with Gasteiger partial charge in [-0.1, -0.05) is 6.07 Å². The first-order valence-corrected chi connectivity index (χ1v) is 11.0.